The lowest BCUT2D eigenvalue weighted by molar-refractivity contribution is 0.282. The summed E-state index contributed by atoms with van der Waals surface area (Å²) < 4.78 is 0. The molecule has 0 aliphatic carbocycles. The van der Waals surface area contributed by atoms with Gasteiger partial charge in [-0.2, -0.15) is 0 Å². The highest BCUT2D eigenvalue weighted by molar-refractivity contribution is 5.78. The number of pyridine rings is 1. The highest BCUT2D eigenvalue weighted by Crippen LogP contribution is 2.12. The molecule has 2 nitrogen and oxygen atoms in total. The molecule has 0 amide bonds. The van der Waals surface area contributed by atoms with Crippen LogP contribution in [0.4, 0.5) is 0 Å². The van der Waals surface area contributed by atoms with Gasteiger partial charge in [-0.05, 0) is 17.7 Å². The Morgan fingerprint density at radius 3 is 2.85 bits per heavy atom. The van der Waals surface area contributed by atoms with Crippen molar-refractivity contribution < 1.29 is 5.11 Å². The summed E-state index contributed by atoms with van der Waals surface area (Å²) >= 11 is 0. The summed E-state index contributed by atoms with van der Waals surface area (Å²) in [6.45, 7) is 0.0759. The Morgan fingerprint density at radius 2 is 2.08 bits per heavy atom. The molecule has 0 aliphatic heterocycles. The largest absolute Gasteiger partial charge is 0.392 e. The first-order valence-corrected chi connectivity index (χ1v) is 3.84. The summed E-state index contributed by atoms with van der Waals surface area (Å²) in [5.74, 6) is 0. The van der Waals surface area contributed by atoms with Gasteiger partial charge in [0.05, 0.1) is 12.1 Å². The number of benzene rings is 1. The Balaban J connectivity index is 0.000000845. The van der Waals surface area contributed by atoms with E-state index < -0.39 is 0 Å². The SMILES string of the molecule is OCc1ccc2cccnc2c1.[AlH3]. The molecule has 0 unspecified atom stereocenters. The average Bonchev–Trinajstić information content (AvgIpc) is 2.17. The van der Waals surface area contributed by atoms with Gasteiger partial charge in [-0.1, -0.05) is 18.2 Å². The van der Waals surface area contributed by atoms with Gasteiger partial charge in [0.15, 0.2) is 17.4 Å². The van der Waals surface area contributed by atoms with Crippen LogP contribution in [-0.4, -0.2) is 27.5 Å². The van der Waals surface area contributed by atoms with Gasteiger partial charge >= 0.3 is 0 Å². The fourth-order valence-corrected chi connectivity index (χ4v) is 1.21. The number of aliphatic hydroxyl groups is 1. The summed E-state index contributed by atoms with van der Waals surface area (Å²) in [6.07, 6.45) is 1.75. The molecule has 0 atom stereocenters. The van der Waals surface area contributed by atoms with Crippen LogP contribution in [0.5, 0.6) is 0 Å². The standard InChI is InChI=1S/C10H9NO.Al.3H/c12-7-8-3-4-9-2-1-5-11-10(9)6-8;;;;/h1-6,12H,7H2;;;;. The van der Waals surface area contributed by atoms with Gasteiger partial charge in [0.25, 0.3) is 0 Å². The van der Waals surface area contributed by atoms with Crippen LogP contribution >= 0.6 is 0 Å². The maximum Gasteiger partial charge on any atom is 0.187 e. The van der Waals surface area contributed by atoms with Crippen molar-refractivity contribution >= 4 is 28.3 Å². The van der Waals surface area contributed by atoms with Crippen molar-refractivity contribution in [2.24, 2.45) is 0 Å². The molecule has 1 aromatic carbocycles. The summed E-state index contributed by atoms with van der Waals surface area (Å²) in [6, 6.07) is 9.68. The van der Waals surface area contributed by atoms with Gasteiger partial charge in [0, 0.05) is 11.6 Å². The zero-order chi connectivity index (χ0) is 8.39. The zero-order valence-electron chi connectivity index (χ0n) is 6.57. The molecule has 0 aliphatic rings. The molecular weight excluding hydrogens is 177 g/mol. The van der Waals surface area contributed by atoms with Crippen molar-refractivity contribution in [1.29, 1.82) is 0 Å². The third kappa shape index (κ3) is 2.07. The van der Waals surface area contributed by atoms with Crippen LogP contribution < -0.4 is 0 Å². The Bertz CT molecular complexity index is 403. The molecule has 1 N–H and O–H groups in total. The Kier molecular flexibility index (Phi) is 3.44. The first kappa shape index (κ1) is 10.2. The van der Waals surface area contributed by atoms with E-state index in [0.717, 1.165) is 16.5 Å². The lowest BCUT2D eigenvalue weighted by atomic mass is 10.1. The third-order valence-corrected chi connectivity index (χ3v) is 1.85. The predicted molar refractivity (Wildman–Crippen MR) is 57.6 cm³/mol. The average molecular weight is 189 g/mol. The lowest BCUT2D eigenvalue weighted by Crippen LogP contribution is -1.83. The molecule has 2 rings (SSSR count). The predicted octanol–water partition coefficient (Wildman–Crippen LogP) is 0.543. The van der Waals surface area contributed by atoms with Gasteiger partial charge in [0.2, 0.25) is 0 Å². The summed E-state index contributed by atoms with van der Waals surface area (Å²) in [4.78, 5) is 4.18. The molecule has 13 heavy (non-hydrogen) atoms. The molecule has 2 aromatic rings. The first-order valence-electron chi connectivity index (χ1n) is 3.84. The van der Waals surface area contributed by atoms with E-state index in [2.05, 4.69) is 4.98 Å². The fraction of sp³-hybridized carbons (Fsp3) is 0.100. The van der Waals surface area contributed by atoms with E-state index in [1.54, 1.807) is 6.20 Å². The van der Waals surface area contributed by atoms with E-state index in [0.29, 0.717) is 0 Å². The van der Waals surface area contributed by atoms with E-state index >= 15 is 0 Å². The quantitative estimate of drug-likeness (QED) is 0.664. The summed E-state index contributed by atoms with van der Waals surface area (Å²) in [5.41, 5.74) is 1.84. The number of rotatable bonds is 1. The summed E-state index contributed by atoms with van der Waals surface area (Å²) in [5, 5.41) is 9.98. The second kappa shape index (κ2) is 4.38. The maximum absolute atomic E-state index is 8.87. The minimum Gasteiger partial charge on any atom is -0.392 e. The van der Waals surface area contributed by atoms with E-state index in [4.69, 9.17) is 5.11 Å². The van der Waals surface area contributed by atoms with Gasteiger partial charge in [-0.3, -0.25) is 4.98 Å². The van der Waals surface area contributed by atoms with Crippen LogP contribution in [0.25, 0.3) is 10.9 Å². The van der Waals surface area contributed by atoms with Crippen molar-refractivity contribution in [2.75, 3.05) is 0 Å². The molecule has 3 heteroatoms. The Labute approximate surface area is 87.4 Å². The third-order valence-electron chi connectivity index (χ3n) is 1.85. The van der Waals surface area contributed by atoms with Crippen molar-refractivity contribution in [3.8, 4) is 0 Å². The van der Waals surface area contributed by atoms with Gasteiger partial charge in [0.1, 0.15) is 0 Å². The van der Waals surface area contributed by atoms with Gasteiger partial charge < -0.3 is 5.11 Å². The molecule has 66 valence electrons. The second-order valence-corrected chi connectivity index (χ2v) is 2.69. The smallest absolute Gasteiger partial charge is 0.187 e. The normalized spacial score (nSPS) is 9.62. The maximum atomic E-state index is 8.87. The molecule has 0 radical (unpaired) electrons. The minimum absolute atomic E-state index is 0. The molecule has 1 aromatic heterocycles. The fourth-order valence-electron chi connectivity index (χ4n) is 1.21. The van der Waals surface area contributed by atoms with Crippen LogP contribution in [0.3, 0.4) is 0 Å². The number of hydrogen-bond donors (Lipinski definition) is 1. The number of fused-ring (bicyclic) bond motifs is 1. The first-order chi connectivity index (χ1) is 5.90. The molecule has 0 fully saturated rings. The van der Waals surface area contributed by atoms with Crippen molar-refractivity contribution in [1.82, 2.24) is 4.98 Å². The highest BCUT2D eigenvalue weighted by Gasteiger charge is 1.94. The molecule has 0 saturated heterocycles. The molecular formula is C10H12AlNO. The lowest BCUT2D eigenvalue weighted by Gasteiger charge is -1.98. The molecule has 0 saturated carbocycles. The van der Waals surface area contributed by atoms with Crippen LogP contribution in [0, 0.1) is 0 Å². The monoisotopic (exact) mass is 189 g/mol. The van der Waals surface area contributed by atoms with E-state index in [9.17, 15) is 0 Å². The van der Waals surface area contributed by atoms with Gasteiger partial charge in [-0.15, -0.1) is 0 Å². The molecule has 1 heterocycles. The molecule has 0 bridgehead atoms. The van der Waals surface area contributed by atoms with Crippen molar-refractivity contribution in [3.63, 3.8) is 0 Å². The number of hydrogen-bond acceptors (Lipinski definition) is 2. The molecule has 0 spiro atoms. The van der Waals surface area contributed by atoms with E-state index in [-0.39, 0.29) is 24.0 Å². The second-order valence-electron chi connectivity index (χ2n) is 2.69. The minimum atomic E-state index is 0. The van der Waals surface area contributed by atoms with Gasteiger partial charge in [-0.25, -0.2) is 0 Å². The topological polar surface area (TPSA) is 33.1 Å². The van der Waals surface area contributed by atoms with E-state index in [1.165, 1.54) is 0 Å². The Hall–Kier alpha value is -0.878. The number of aromatic nitrogens is 1. The van der Waals surface area contributed by atoms with Crippen molar-refractivity contribution in [2.45, 2.75) is 6.61 Å². The van der Waals surface area contributed by atoms with E-state index in [1.807, 2.05) is 30.3 Å². The van der Waals surface area contributed by atoms with Crippen LogP contribution in [0.2, 0.25) is 0 Å². The highest BCUT2D eigenvalue weighted by atomic mass is 27.0. The number of nitrogens with zero attached hydrogens (tertiary/aromatic N) is 1. The number of aliphatic hydroxyl groups excluding tert-OH is 1. The van der Waals surface area contributed by atoms with Crippen LogP contribution in [0.1, 0.15) is 5.56 Å². The van der Waals surface area contributed by atoms with Crippen LogP contribution in [-0.2, 0) is 6.61 Å². The summed E-state index contributed by atoms with van der Waals surface area (Å²) in [7, 11) is 0. The Morgan fingerprint density at radius 1 is 1.23 bits per heavy atom. The van der Waals surface area contributed by atoms with Crippen LogP contribution in [0.15, 0.2) is 36.5 Å². The van der Waals surface area contributed by atoms with Crippen molar-refractivity contribution in [3.05, 3.63) is 42.1 Å². The zero-order valence-corrected chi connectivity index (χ0v) is 6.57.